The molecule has 0 unspecified atom stereocenters. The molecule has 0 atom stereocenters. The highest BCUT2D eigenvalue weighted by Gasteiger charge is 2.28. The largest absolute Gasteiger partial charge is 0.381 e. The zero-order valence-corrected chi connectivity index (χ0v) is 9.73. The summed E-state index contributed by atoms with van der Waals surface area (Å²) in [7, 11) is 3.66. The van der Waals surface area contributed by atoms with Crippen LogP contribution < -0.4 is 5.32 Å². The number of hydrogen-bond acceptors (Lipinski definition) is 3. The third-order valence-electron chi connectivity index (χ3n) is 3.20. The van der Waals surface area contributed by atoms with E-state index in [4.69, 9.17) is 10.00 Å². The highest BCUT2D eigenvalue weighted by atomic mass is 16.5. The molecule has 1 fully saturated rings. The van der Waals surface area contributed by atoms with Crippen LogP contribution in [0.5, 0.6) is 0 Å². The molecule has 4 nitrogen and oxygen atoms in total. The maximum atomic E-state index is 8.83. The molecule has 86 valence electrons. The Morgan fingerprint density at radius 2 is 2.38 bits per heavy atom. The minimum Gasteiger partial charge on any atom is -0.381 e. The van der Waals surface area contributed by atoms with Crippen LogP contribution in [-0.2, 0) is 18.3 Å². The first-order valence-corrected chi connectivity index (χ1v) is 5.54. The van der Waals surface area contributed by atoms with Gasteiger partial charge in [0.25, 0.3) is 0 Å². The predicted octanol–water partition coefficient (Wildman–Crippen LogP) is 1.16. The third kappa shape index (κ3) is 2.26. The average molecular weight is 219 g/mol. The maximum Gasteiger partial charge on any atom is 0.120 e. The van der Waals surface area contributed by atoms with Crippen LogP contribution in [0.2, 0.25) is 0 Å². The summed E-state index contributed by atoms with van der Waals surface area (Å²) in [5.41, 5.74) is 1.88. The summed E-state index contributed by atoms with van der Waals surface area (Å²) < 4.78 is 7.08. The molecule has 1 aromatic heterocycles. The van der Waals surface area contributed by atoms with Crippen LogP contribution in [0.3, 0.4) is 0 Å². The topological polar surface area (TPSA) is 50.0 Å². The maximum absolute atomic E-state index is 8.83. The van der Waals surface area contributed by atoms with Gasteiger partial charge in [0.2, 0.25) is 0 Å². The summed E-state index contributed by atoms with van der Waals surface area (Å²) in [5.74, 6) is 0. The van der Waals surface area contributed by atoms with Crippen molar-refractivity contribution in [2.75, 3.05) is 7.11 Å². The van der Waals surface area contributed by atoms with E-state index in [1.807, 2.05) is 23.9 Å². The number of aromatic nitrogens is 1. The van der Waals surface area contributed by atoms with E-state index < -0.39 is 0 Å². The smallest absolute Gasteiger partial charge is 0.120 e. The van der Waals surface area contributed by atoms with E-state index in [1.54, 1.807) is 7.11 Å². The molecular formula is C12H17N3O. The van der Waals surface area contributed by atoms with E-state index in [9.17, 15) is 0 Å². The Kier molecular flexibility index (Phi) is 3.28. The van der Waals surface area contributed by atoms with Crippen molar-refractivity contribution in [3.8, 4) is 6.07 Å². The number of hydrogen-bond donors (Lipinski definition) is 1. The first-order chi connectivity index (χ1) is 7.72. The second kappa shape index (κ2) is 4.69. The molecule has 0 bridgehead atoms. The van der Waals surface area contributed by atoms with Gasteiger partial charge in [-0.1, -0.05) is 0 Å². The molecule has 0 amide bonds. The molecule has 0 aromatic carbocycles. The van der Waals surface area contributed by atoms with Gasteiger partial charge in [0, 0.05) is 32.9 Å². The van der Waals surface area contributed by atoms with Crippen molar-refractivity contribution < 1.29 is 4.74 Å². The highest BCUT2D eigenvalue weighted by molar-refractivity contribution is 5.28. The Morgan fingerprint density at radius 3 is 2.94 bits per heavy atom. The lowest BCUT2D eigenvalue weighted by Crippen LogP contribution is -2.44. The molecule has 1 aliphatic rings. The Balaban J connectivity index is 1.80. The quantitative estimate of drug-likeness (QED) is 0.826. The summed E-state index contributed by atoms with van der Waals surface area (Å²) in [6.07, 6.45) is 4.61. The van der Waals surface area contributed by atoms with Gasteiger partial charge in [-0.25, -0.2) is 0 Å². The number of nitrogens with one attached hydrogen (secondary N) is 1. The van der Waals surface area contributed by atoms with Crippen molar-refractivity contribution in [1.82, 2.24) is 9.88 Å². The Bertz CT molecular complexity index is 399. The molecule has 0 spiro atoms. The van der Waals surface area contributed by atoms with E-state index in [-0.39, 0.29) is 0 Å². The van der Waals surface area contributed by atoms with Crippen molar-refractivity contribution >= 4 is 0 Å². The highest BCUT2D eigenvalue weighted by Crippen LogP contribution is 2.22. The molecule has 1 aliphatic carbocycles. The molecule has 0 aliphatic heterocycles. The number of methoxy groups -OCH3 is 1. The summed E-state index contributed by atoms with van der Waals surface area (Å²) in [4.78, 5) is 0. The summed E-state index contributed by atoms with van der Waals surface area (Å²) in [6.45, 7) is 0.830. The van der Waals surface area contributed by atoms with Gasteiger partial charge in [-0.05, 0) is 24.5 Å². The van der Waals surface area contributed by atoms with Crippen molar-refractivity contribution in [2.24, 2.45) is 7.05 Å². The first-order valence-electron chi connectivity index (χ1n) is 5.54. The molecule has 2 rings (SSSR count). The molecule has 1 heterocycles. The molecule has 1 saturated carbocycles. The normalized spacial score (nSPS) is 23.8. The minimum absolute atomic E-state index is 0.433. The Hall–Kier alpha value is -1.31. The third-order valence-corrected chi connectivity index (χ3v) is 3.20. The zero-order valence-electron chi connectivity index (χ0n) is 9.73. The van der Waals surface area contributed by atoms with Crippen LogP contribution in [0.1, 0.15) is 24.1 Å². The van der Waals surface area contributed by atoms with Crippen molar-refractivity contribution in [2.45, 2.75) is 31.5 Å². The molecule has 1 aromatic rings. The van der Waals surface area contributed by atoms with Gasteiger partial charge in [0.1, 0.15) is 11.8 Å². The van der Waals surface area contributed by atoms with E-state index in [0.29, 0.717) is 17.8 Å². The Labute approximate surface area is 95.8 Å². The van der Waals surface area contributed by atoms with E-state index in [1.165, 1.54) is 5.56 Å². The van der Waals surface area contributed by atoms with E-state index in [2.05, 4.69) is 11.4 Å². The second-order valence-corrected chi connectivity index (χ2v) is 4.36. The van der Waals surface area contributed by atoms with Gasteiger partial charge in [0.05, 0.1) is 6.10 Å². The number of nitrogens with zero attached hydrogens (tertiary/aromatic N) is 2. The van der Waals surface area contributed by atoms with Gasteiger partial charge < -0.3 is 14.6 Å². The lowest BCUT2D eigenvalue weighted by Gasteiger charge is -2.34. The number of aryl methyl sites for hydroxylation is 1. The van der Waals surface area contributed by atoms with Crippen molar-refractivity contribution in [1.29, 1.82) is 5.26 Å². The average Bonchev–Trinajstić information content (AvgIpc) is 2.57. The van der Waals surface area contributed by atoms with Crippen molar-refractivity contribution in [3.63, 3.8) is 0 Å². The van der Waals surface area contributed by atoms with Crippen LogP contribution in [0.15, 0.2) is 12.3 Å². The van der Waals surface area contributed by atoms with Crippen LogP contribution in [0.25, 0.3) is 0 Å². The fraction of sp³-hybridized carbons (Fsp3) is 0.583. The van der Waals surface area contributed by atoms with Gasteiger partial charge in [-0.3, -0.25) is 0 Å². The number of ether oxygens (including phenoxy) is 1. The van der Waals surface area contributed by atoms with Crippen LogP contribution in [0, 0.1) is 11.3 Å². The fourth-order valence-corrected chi connectivity index (χ4v) is 2.03. The molecular weight excluding hydrogens is 202 g/mol. The van der Waals surface area contributed by atoms with Gasteiger partial charge in [-0.15, -0.1) is 0 Å². The van der Waals surface area contributed by atoms with Crippen LogP contribution >= 0.6 is 0 Å². The van der Waals surface area contributed by atoms with Gasteiger partial charge in [-0.2, -0.15) is 5.26 Å². The Morgan fingerprint density at radius 1 is 1.62 bits per heavy atom. The van der Waals surface area contributed by atoms with Gasteiger partial charge >= 0.3 is 0 Å². The predicted molar refractivity (Wildman–Crippen MR) is 60.8 cm³/mol. The lowest BCUT2D eigenvalue weighted by atomic mass is 9.89. The van der Waals surface area contributed by atoms with E-state index in [0.717, 1.165) is 19.4 Å². The molecule has 16 heavy (non-hydrogen) atoms. The van der Waals surface area contributed by atoms with Crippen LogP contribution in [0.4, 0.5) is 0 Å². The molecule has 4 heteroatoms. The standard InChI is InChI=1S/C12H17N3O/c1-15-8-9(3-11(15)6-13)7-14-10-4-12(5-10)16-2/h3,8,10,12,14H,4-5,7H2,1-2H3. The molecule has 0 saturated heterocycles. The summed E-state index contributed by atoms with van der Waals surface area (Å²) in [6, 6.07) is 4.66. The monoisotopic (exact) mass is 219 g/mol. The fourth-order valence-electron chi connectivity index (χ4n) is 2.03. The molecule has 0 radical (unpaired) electrons. The zero-order chi connectivity index (χ0) is 11.5. The van der Waals surface area contributed by atoms with Crippen LogP contribution in [-0.4, -0.2) is 23.8 Å². The number of rotatable bonds is 4. The number of nitriles is 1. The minimum atomic E-state index is 0.433. The van der Waals surface area contributed by atoms with Crippen molar-refractivity contribution in [3.05, 3.63) is 23.5 Å². The summed E-state index contributed by atoms with van der Waals surface area (Å²) >= 11 is 0. The van der Waals surface area contributed by atoms with Gasteiger partial charge in [0.15, 0.2) is 0 Å². The SMILES string of the molecule is COC1CC(NCc2cc(C#N)n(C)c2)C1. The lowest BCUT2D eigenvalue weighted by molar-refractivity contribution is 0.0170. The molecule has 1 N–H and O–H groups in total. The first kappa shape index (κ1) is 11.2. The van der Waals surface area contributed by atoms with E-state index >= 15 is 0 Å². The second-order valence-electron chi connectivity index (χ2n) is 4.36. The summed E-state index contributed by atoms with van der Waals surface area (Å²) in [5, 5.41) is 12.3.